The Balaban J connectivity index is 1.66. The van der Waals surface area contributed by atoms with E-state index in [0.29, 0.717) is 12.8 Å². The van der Waals surface area contributed by atoms with Crippen LogP contribution in [0.2, 0.25) is 0 Å². The van der Waals surface area contributed by atoms with Gasteiger partial charge in [-0.05, 0) is 24.6 Å². The third kappa shape index (κ3) is 3.69. The lowest BCUT2D eigenvalue weighted by Gasteiger charge is -2.00. The molecule has 0 aliphatic carbocycles. The second-order valence-electron chi connectivity index (χ2n) is 4.91. The van der Waals surface area contributed by atoms with Crippen LogP contribution < -0.4 is 0 Å². The zero-order valence-corrected chi connectivity index (χ0v) is 15.1. The van der Waals surface area contributed by atoms with E-state index in [1.54, 1.807) is 11.3 Å². The summed E-state index contributed by atoms with van der Waals surface area (Å²) in [5.74, 6) is 0.184. The maximum absolute atomic E-state index is 12.2. The first-order valence-corrected chi connectivity index (χ1v) is 9.28. The Morgan fingerprint density at radius 1 is 1.18 bits per heavy atom. The van der Waals surface area contributed by atoms with Crippen LogP contribution in [0.25, 0.3) is 10.6 Å². The van der Waals surface area contributed by atoms with Crippen LogP contribution in [0.15, 0.2) is 39.6 Å². The summed E-state index contributed by atoms with van der Waals surface area (Å²) in [6.07, 6.45) is 0.834. The van der Waals surface area contributed by atoms with Gasteiger partial charge in [0.25, 0.3) is 0 Å². The molecular formula is C16H13BrN2OS2. The van der Waals surface area contributed by atoms with Gasteiger partial charge in [0, 0.05) is 16.3 Å². The maximum atomic E-state index is 12.2. The lowest BCUT2D eigenvalue weighted by Crippen LogP contribution is -2.06. The normalized spacial score (nSPS) is 10.8. The number of carbonyl (C=O) groups is 1. The predicted molar refractivity (Wildman–Crippen MR) is 94.5 cm³/mol. The standard InChI is InChI=1S/C16H13BrN2OS2/c1-10-16(22-9-18-10)14-8-21-15(19-14)7-13(20)6-11-2-4-12(17)5-3-11/h2-5,8-9H,6-7H2,1H3. The van der Waals surface area contributed by atoms with Gasteiger partial charge in [0.1, 0.15) is 10.8 Å². The molecule has 112 valence electrons. The highest BCUT2D eigenvalue weighted by atomic mass is 79.9. The molecule has 0 aliphatic heterocycles. The molecule has 0 aliphatic rings. The summed E-state index contributed by atoms with van der Waals surface area (Å²) in [5.41, 5.74) is 4.77. The smallest absolute Gasteiger partial charge is 0.144 e. The van der Waals surface area contributed by atoms with Gasteiger partial charge in [-0.25, -0.2) is 9.97 Å². The third-order valence-electron chi connectivity index (χ3n) is 3.19. The molecule has 0 spiro atoms. The Morgan fingerprint density at radius 2 is 1.95 bits per heavy atom. The third-order valence-corrected chi connectivity index (χ3v) is 5.52. The molecule has 0 saturated carbocycles. The fourth-order valence-electron chi connectivity index (χ4n) is 2.11. The van der Waals surface area contributed by atoms with Crippen molar-refractivity contribution in [2.24, 2.45) is 0 Å². The Hall–Kier alpha value is -1.37. The number of rotatable bonds is 5. The van der Waals surface area contributed by atoms with Crippen molar-refractivity contribution in [3.8, 4) is 10.6 Å². The van der Waals surface area contributed by atoms with Crippen molar-refractivity contribution in [3.05, 3.63) is 55.9 Å². The van der Waals surface area contributed by atoms with Crippen LogP contribution in [0.3, 0.4) is 0 Å². The molecule has 0 bridgehead atoms. The average molecular weight is 393 g/mol. The number of aryl methyl sites for hydroxylation is 1. The molecule has 0 unspecified atom stereocenters. The number of thiazole rings is 2. The fourth-order valence-corrected chi connectivity index (χ4v) is 4.02. The molecule has 0 radical (unpaired) electrons. The van der Waals surface area contributed by atoms with Crippen LogP contribution in [-0.4, -0.2) is 15.8 Å². The molecule has 22 heavy (non-hydrogen) atoms. The molecule has 1 aromatic carbocycles. The van der Waals surface area contributed by atoms with Gasteiger partial charge >= 0.3 is 0 Å². The van der Waals surface area contributed by atoms with Crippen molar-refractivity contribution in [1.29, 1.82) is 0 Å². The van der Waals surface area contributed by atoms with Crippen molar-refractivity contribution in [3.63, 3.8) is 0 Å². The number of carbonyl (C=O) groups excluding carboxylic acids is 1. The molecule has 3 nitrogen and oxygen atoms in total. The monoisotopic (exact) mass is 392 g/mol. The van der Waals surface area contributed by atoms with Gasteiger partial charge in [-0.3, -0.25) is 4.79 Å². The van der Waals surface area contributed by atoms with Gasteiger partial charge < -0.3 is 0 Å². The van der Waals surface area contributed by atoms with Crippen molar-refractivity contribution in [2.45, 2.75) is 19.8 Å². The second-order valence-corrected chi connectivity index (χ2v) is 7.63. The van der Waals surface area contributed by atoms with E-state index in [2.05, 4.69) is 25.9 Å². The molecule has 3 rings (SSSR count). The second kappa shape index (κ2) is 6.81. The number of benzene rings is 1. The van der Waals surface area contributed by atoms with Gasteiger partial charge in [0.15, 0.2) is 0 Å². The number of hydrogen-bond acceptors (Lipinski definition) is 5. The number of aromatic nitrogens is 2. The number of Topliss-reactive ketones (excluding diaryl/α,β-unsaturated/α-hetero) is 1. The van der Waals surface area contributed by atoms with Crippen LogP contribution in [0, 0.1) is 6.92 Å². The highest BCUT2D eigenvalue weighted by Gasteiger charge is 2.12. The van der Waals surface area contributed by atoms with Gasteiger partial charge in [-0.2, -0.15) is 0 Å². The van der Waals surface area contributed by atoms with Gasteiger partial charge in [0.2, 0.25) is 0 Å². The minimum Gasteiger partial charge on any atom is -0.299 e. The van der Waals surface area contributed by atoms with Crippen LogP contribution in [0.5, 0.6) is 0 Å². The first kappa shape index (κ1) is 15.5. The zero-order chi connectivity index (χ0) is 15.5. The van der Waals surface area contributed by atoms with Crippen molar-refractivity contribution < 1.29 is 4.79 Å². The average Bonchev–Trinajstić information content (AvgIpc) is 3.10. The first-order chi connectivity index (χ1) is 10.6. The van der Waals surface area contributed by atoms with E-state index in [0.717, 1.165) is 31.3 Å². The molecule has 6 heteroatoms. The fraction of sp³-hybridized carbons (Fsp3) is 0.188. The van der Waals surface area contributed by atoms with E-state index in [4.69, 9.17) is 0 Å². The Bertz CT molecular complexity index is 793. The zero-order valence-electron chi connectivity index (χ0n) is 11.9. The summed E-state index contributed by atoms with van der Waals surface area (Å²) in [4.78, 5) is 22.1. The van der Waals surface area contributed by atoms with E-state index in [9.17, 15) is 4.79 Å². The molecule has 2 heterocycles. The highest BCUT2D eigenvalue weighted by molar-refractivity contribution is 9.10. The molecule has 0 atom stereocenters. The van der Waals surface area contributed by atoms with E-state index < -0.39 is 0 Å². The molecule has 3 aromatic rings. The van der Waals surface area contributed by atoms with Gasteiger partial charge in [0.05, 0.1) is 28.2 Å². The summed E-state index contributed by atoms with van der Waals surface area (Å²) in [6, 6.07) is 7.85. The van der Waals surface area contributed by atoms with E-state index in [1.165, 1.54) is 11.3 Å². The summed E-state index contributed by atoms with van der Waals surface area (Å²) in [7, 11) is 0. The maximum Gasteiger partial charge on any atom is 0.144 e. The minimum atomic E-state index is 0.184. The topological polar surface area (TPSA) is 42.9 Å². The van der Waals surface area contributed by atoms with Gasteiger partial charge in [-0.15, -0.1) is 22.7 Å². The van der Waals surface area contributed by atoms with E-state index >= 15 is 0 Å². The van der Waals surface area contributed by atoms with Crippen LogP contribution in [0.4, 0.5) is 0 Å². The van der Waals surface area contributed by atoms with E-state index in [-0.39, 0.29) is 5.78 Å². The lowest BCUT2D eigenvalue weighted by molar-refractivity contribution is -0.117. The quantitative estimate of drug-likeness (QED) is 0.632. The van der Waals surface area contributed by atoms with Gasteiger partial charge in [-0.1, -0.05) is 28.1 Å². The lowest BCUT2D eigenvalue weighted by atomic mass is 10.1. The molecule has 2 aromatic heterocycles. The SMILES string of the molecule is Cc1ncsc1-c1csc(CC(=O)Cc2ccc(Br)cc2)n1. The number of ketones is 1. The molecule has 0 N–H and O–H groups in total. The summed E-state index contributed by atoms with van der Waals surface area (Å²) in [6.45, 7) is 1.98. The molecule has 0 fully saturated rings. The predicted octanol–water partition coefficient (Wildman–Crippen LogP) is 4.69. The number of nitrogens with zero attached hydrogens (tertiary/aromatic N) is 2. The van der Waals surface area contributed by atoms with Crippen molar-refractivity contribution in [2.75, 3.05) is 0 Å². The Labute approximate surface area is 145 Å². The van der Waals surface area contributed by atoms with Crippen molar-refractivity contribution in [1.82, 2.24) is 9.97 Å². The number of halogens is 1. The summed E-state index contributed by atoms with van der Waals surface area (Å²) >= 11 is 6.52. The first-order valence-electron chi connectivity index (χ1n) is 6.73. The van der Waals surface area contributed by atoms with Crippen LogP contribution >= 0.6 is 38.6 Å². The van der Waals surface area contributed by atoms with E-state index in [1.807, 2.05) is 42.1 Å². The highest BCUT2D eigenvalue weighted by Crippen LogP contribution is 2.28. The number of hydrogen-bond donors (Lipinski definition) is 0. The molecular weight excluding hydrogens is 380 g/mol. The molecule has 0 saturated heterocycles. The minimum absolute atomic E-state index is 0.184. The Kier molecular flexibility index (Phi) is 4.81. The van der Waals surface area contributed by atoms with Crippen molar-refractivity contribution >= 4 is 44.4 Å². The van der Waals surface area contributed by atoms with Crippen LogP contribution in [-0.2, 0) is 17.6 Å². The molecule has 0 amide bonds. The summed E-state index contributed by atoms with van der Waals surface area (Å²) < 4.78 is 1.02. The summed E-state index contributed by atoms with van der Waals surface area (Å²) in [5, 5.41) is 2.87. The largest absolute Gasteiger partial charge is 0.299 e. The Morgan fingerprint density at radius 3 is 2.64 bits per heavy atom. The van der Waals surface area contributed by atoms with Crippen LogP contribution in [0.1, 0.15) is 16.3 Å².